The largest absolute Gasteiger partial charge is 0.508 e. The molecule has 0 aliphatic carbocycles. The van der Waals surface area contributed by atoms with Gasteiger partial charge in [-0.05, 0) is 40.5 Å². The molecule has 5 N–H and O–H groups in total. The van der Waals surface area contributed by atoms with Crippen LogP contribution < -0.4 is 5.43 Å². The molecule has 1 heterocycles. The molecule has 0 bridgehead atoms. The fourth-order valence-corrected chi connectivity index (χ4v) is 3.50. The van der Waals surface area contributed by atoms with Crippen molar-refractivity contribution in [3.8, 4) is 39.9 Å². The third-order valence-corrected chi connectivity index (χ3v) is 5.16. The van der Waals surface area contributed by atoms with Gasteiger partial charge >= 0.3 is 0 Å². The summed E-state index contributed by atoms with van der Waals surface area (Å²) in [5.74, 6) is -2.02. The fraction of sp³-hybridized carbons (Fsp3) is 0.240. The first-order valence-electron chi connectivity index (χ1n) is 10.1. The van der Waals surface area contributed by atoms with Gasteiger partial charge in [-0.1, -0.05) is 23.3 Å². The molecule has 0 aliphatic heterocycles. The molecule has 2 aromatic carbocycles. The summed E-state index contributed by atoms with van der Waals surface area (Å²) in [6.45, 7) is 7.42. The number of hydrogen-bond acceptors (Lipinski definition) is 7. The van der Waals surface area contributed by atoms with Gasteiger partial charge in [0.05, 0.1) is 5.56 Å². The maximum atomic E-state index is 13.3. The van der Waals surface area contributed by atoms with Crippen molar-refractivity contribution in [2.45, 2.75) is 40.5 Å². The molecule has 32 heavy (non-hydrogen) atoms. The highest BCUT2D eigenvalue weighted by Gasteiger charge is 2.26. The van der Waals surface area contributed by atoms with Gasteiger partial charge in [0.25, 0.3) is 0 Å². The van der Waals surface area contributed by atoms with E-state index in [1.165, 1.54) is 6.07 Å². The van der Waals surface area contributed by atoms with Gasteiger partial charge in [0, 0.05) is 28.8 Å². The van der Waals surface area contributed by atoms with E-state index < -0.39 is 22.7 Å². The van der Waals surface area contributed by atoms with Crippen LogP contribution in [0.4, 0.5) is 0 Å². The summed E-state index contributed by atoms with van der Waals surface area (Å²) in [6.07, 6.45) is 4.91. The van der Waals surface area contributed by atoms with Gasteiger partial charge in [-0.15, -0.1) is 0 Å². The van der Waals surface area contributed by atoms with Crippen molar-refractivity contribution in [2.24, 2.45) is 0 Å². The molecular weight excluding hydrogens is 412 g/mol. The van der Waals surface area contributed by atoms with Gasteiger partial charge in [-0.25, -0.2) is 0 Å². The molecule has 3 rings (SSSR count). The second-order valence-corrected chi connectivity index (χ2v) is 8.17. The standard InChI is InChI=1S/C25H26O7/c1-12(2)5-7-15-20(22(28)16(8-6-13(3)4)25(31)24(15)30)17-11-32-19-10-14(26)9-18(27)21(19)23(17)29/h5-6,9-11,26-28,30-31H,7-8H2,1-4H3. The molecule has 168 valence electrons. The summed E-state index contributed by atoms with van der Waals surface area (Å²) in [4.78, 5) is 13.3. The molecule has 3 aromatic rings. The quantitative estimate of drug-likeness (QED) is 0.215. The zero-order chi connectivity index (χ0) is 23.7. The van der Waals surface area contributed by atoms with Gasteiger partial charge in [-0.2, -0.15) is 0 Å². The lowest BCUT2D eigenvalue weighted by Gasteiger charge is -2.18. The summed E-state index contributed by atoms with van der Waals surface area (Å²) in [6, 6.07) is 2.21. The van der Waals surface area contributed by atoms with Gasteiger partial charge < -0.3 is 29.9 Å². The maximum absolute atomic E-state index is 13.3. The third-order valence-electron chi connectivity index (χ3n) is 5.16. The average molecular weight is 438 g/mol. The maximum Gasteiger partial charge on any atom is 0.204 e. The first-order valence-corrected chi connectivity index (χ1v) is 10.1. The van der Waals surface area contributed by atoms with Crippen LogP contribution in [0, 0.1) is 0 Å². The predicted octanol–water partition coefficient (Wildman–Crippen LogP) is 5.01. The Balaban J connectivity index is 2.42. The van der Waals surface area contributed by atoms with Crippen molar-refractivity contribution in [3.63, 3.8) is 0 Å². The minimum atomic E-state index is -0.657. The lowest BCUT2D eigenvalue weighted by atomic mass is 9.90. The van der Waals surface area contributed by atoms with E-state index in [0.29, 0.717) is 0 Å². The molecular formula is C25H26O7. The molecule has 0 spiro atoms. The number of allylic oxidation sites excluding steroid dienone is 4. The number of fused-ring (bicyclic) bond motifs is 1. The third kappa shape index (κ3) is 4.14. The van der Waals surface area contributed by atoms with E-state index in [0.717, 1.165) is 23.5 Å². The Bertz CT molecular complexity index is 1320. The highest BCUT2D eigenvalue weighted by Crippen LogP contribution is 2.47. The highest BCUT2D eigenvalue weighted by atomic mass is 16.3. The first kappa shape index (κ1) is 22.8. The molecule has 0 aliphatic rings. The Morgan fingerprint density at radius 1 is 0.844 bits per heavy atom. The van der Waals surface area contributed by atoms with Crippen molar-refractivity contribution in [2.75, 3.05) is 0 Å². The van der Waals surface area contributed by atoms with E-state index in [1.54, 1.807) is 12.2 Å². The second kappa shape index (κ2) is 8.70. The number of hydrogen-bond donors (Lipinski definition) is 5. The van der Waals surface area contributed by atoms with Crippen LogP contribution in [0.15, 0.2) is 50.9 Å². The minimum absolute atomic E-state index is 0.0121. The number of phenols is 5. The zero-order valence-electron chi connectivity index (χ0n) is 18.4. The van der Waals surface area contributed by atoms with Crippen molar-refractivity contribution in [1.82, 2.24) is 0 Å². The topological polar surface area (TPSA) is 131 Å². The van der Waals surface area contributed by atoms with E-state index in [2.05, 4.69) is 0 Å². The highest BCUT2D eigenvalue weighted by molar-refractivity contribution is 5.90. The Kier molecular flexibility index (Phi) is 6.20. The van der Waals surface area contributed by atoms with Crippen LogP contribution in [-0.4, -0.2) is 25.5 Å². The molecule has 0 unspecified atom stereocenters. The molecule has 1 aromatic heterocycles. The van der Waals surface area contributed by atoms with Crippen LogP contribution in [-0.2, 0) is 12.8 Å². The number of benzene rings is 2. The lowest BCUT2D eigenvalue weighted by Crippen LogP contribution is -2.08. The predicted molar refractivity (Wildman–Crippen MR) is 123 cm³/mol. The number of rotatable bonds is 5. The minimum Gasteiger partial charge on any atom is -0.508 e. The van der Waals surface area contributed by atoms with E-state index in [4.69, 9.17) is 4.42 Å². The zero-order valence-corrected chi connectivity index (χ0v) is 18.4. The van der Waals surface area contributed by atoms with Gasteiger partial charge in [0.2, 0.25) is 5.43 Å². The molecule has 0 amide bonds. The normalized spacial score (nSPS) is 10.9. The molecule has 0 fully saturated rings. The van der Waals surface area contributed by atoms with Gasteiger partial charge in [0.15, 0.2) is 11.5 Å². The molecule has 7 nitrogen and oxygen atoms in total. The Hall–Kier alpha value is -3.87. The van der Waals surface area contributed by atoms with Gasteiger partial charge in [0.1, 0.15) is 34.5 Å². The second-order valence-electron chi connectivity index (χ2n) is 8.17. The first-order chi connectivity index (χ1) is 15.0. The number of aromatic hydroxyl groups is 5. The van der Waals surface area contributed by atoms with Crippen LogP contribution >= 0.6 is 0 Å². The smallest absolute Gasteiger partial charge is 0.204 e. The monoisotopic (exact) mass is 438 g/mol. The van der Waals surface area contributed by atoms with Crippen LogP contribution in [0.3, 0.4) is 0 Å². The number of phenolic OH excluding ortho intramolecular Hbond substituents is 5. The summed E-state index contributed by atoms with van der Waals surface area (Å²) in [7, 11) is 0. The van der Waals surface area contributed by atoms with Crippen molar-refractivity contribution >= 4 is 11.0 Å². The fourth-order valence-electron chi connectivity index (χ4n) is 3.50. The summed E-state index contributed by atoms with van der Waals surface area (Å²) >= 11 is 0. The van der Waals surface area contributed by atoms with E-state index in [1.807, 2.05) is 27.7 Å². The van der Waals surface area contributed by atoms with Crippen LogP contribution in [0.1, 0.15) is 38.8 Å². The molecule has 7 heteroatoms. The molecule has 0 atom stereocenters. The Morgan fingerprint density at radius 3 is 2.00 bits per heavy atom. The van der Waals surface area contributed by atoms with E-state index >= 15 is 0 Å². The van der Waals surface area contributed by atoms with Crippen LogP contribution in [0.2, 0.25) is 0 Å². The van der Waals surface area contributed by atoms with Crippen molar-refractivity contribution in [1.29, 1.82) is 0 Å². The lowest BCUT2D eigenvalue weighted by molar-refractivity contribution is 0.388. The molecule has 0 radical (unpaired) electrons. The Labute approximate surface area is 184 Å². The van der Waals surface area contributed by atoms with Gasteiger partial charge in [-0.3, -0.25) is 4.79 Å². The van der Waals surface area contributed by atoms with E-state index in [9.17, 15) is 30.3 Å². The summed E-state index contributed by atoms with van der Waals surface area (Å²) in [5.41, 5.74) is 1.31. The van der Waals surface area contributed by atoms with E-state index in [-0.39, 0.29) is 57.6 Å². The Morgan fingerprint density at radius 2 is 1.41 bits per heavy atom. The summed E-state index contributed by atoms with van der Waals surface area (Å²) < 4.78 is 5.48. The molecule has 0 saturated heterocycles. The molecule has 0 saturated carbocycles. The van der Waals surface area contributed by atoms with Crippen LogP contribution in [0.5, 0.6) is 28.7 Å². The van der Waals surface area contributed by atoms with Crippen LogP contribution in [0.25, 0.3) is 22.1 Å². The SMILES string of the molecule is CC(C)=CCc1c(O)c(O)c(CC=C(C)C)c(-c2coc3cc(O)cc(O)c3c2=O)c1O. The van der Waals surface area contributed by atoms with Crippen molar-refractivity contribution < 1.29 is 29.9 Å². The summed E-state index contributed by atoms with van der Waals surface area (Å²) in [5, 5.41) is 52.2. The average Bonchev–Trinajstić information content (AvgIpc) is 2.69. The van der Waals surface area contributed by atoms with Crippen molar-refractivity contribution in [3.05, 3.63) is 63.0 Å².